The van der Waals surface area contributed by atoms with Gasteiger partial charge < -0.3 is 10.5 Å². The monoisotopic (exact) mass is 469 g/mol. The number of hydrogen-bond donors (Lipinski definition) is 1. The summed E-state index contributed by atoms with van der Waals surface area (Å²) < 4.78 is 5.73. The number of ether oxygens (including phenoxy) is 1. The molecule has 3 aromatic rings. The SMILES string of the molecule is CC(C)(OC(=O)CSc1nc(N)c2c3c(sc2n1)CC(C(C)(C)C)CC3)c1ccccc1. The Labute approximate surface area is 198 Å². The smallest absolute Gasteiger partial charge is 0.317 e. The lowest BCUT2D eigenvalue weighted by molar-refractivity contribution is -0.154. The van der Waals surface area contributed by atoms with E-state index in [4.69, 9.17) is 15.5 Å². The van der Waals surface area contributed by atoms with Crippen LogP contribution in [0.25, 0.3) is 10.2 Å². The summed E-state index contributed by atoms with van der Waals surface area (Å²) in [4.78, 5) is 24.1. The van der Waals surface area contributed by atoms with Gasteiger partial charge in [-0.3, -0.25) is 4.79 Å². The fourth-order valence-electron chi connectivity index (χ4n) is 4.32. The van der Waals surface area contributed by atoms with Gasteiger partial charge in [0.05, 0.1) is 11.1 Å². The van der Waals surface area contributed by atoms with Crippen LogP contribution in [0.1, 0.15) is 57.0 Å². The molecule has 4 rings (SSSR count). The molecule has 2 heterocycles. The first-order valence-electron chi connectivity index (χ1n) is 11.0. The Kier molecular flexibility index (Phi) is 6.25. The maximum atomic E-state index is 12.5. The Bertz CT molecular complexity index is 1130. The topological polar surface area (TPSA) is 78.1 Å². The van der Waals surface area contributed by atoms with Crippen molar-refractivity contribution in [1.29, 1.82) is 0 Å². The zero-order chi connectivity index (χ0) is 23.1. The highest BCUT2D eigenvalue weighted by molar-refractivity contribution is 7.99. The molecule has 1 aromatic carbocycles. The number of carbonyl (C=O) groups is 1. The number of anilines is 1. The summed E-state index contributed by atoms with van der Waals surface area (Å²) in [6.07, 6.45) is 3.27. The molecule has 1 unspecified atom stereocenters. The summed E-state index contributed by atoms with van der Waals surface area (Å²) in [7, 11) is 0. The van der Waals surface area contributed by atoms with Gasteiger partial charge in [0.2, 0.25) is 0 Å². The van der Waals surface area contributed by atoms with Crippen LogP contribution in [0.4, 0.5) is 5.82 Å². The van der Waals surface area contributed by atoms with Gasteiger partial charge in [-0.1, -0.05) is 62.9 Å². The van der Waals surface area contributed by atoms with Gasteiger partial charge in [-0.05, 0) is 55.6 Å². The molecule has 0 saturated carbocycles. The normalized spacial score (nSPS) is 16.7. The van der Waals surface area contributed by atoms with E-state index in [0.717, 1.165) is 28.6 Å². The minimum absolute atomic E-state index is 0.137. The first-order valence-corrected chi connectivity index (χ1v) is 12.8. The number of nitrogens with zero attached hydrogens (tertiary/aromatic N) is 2. The molecular formula is C25H31N3O2S2. The van der Waals surface area contributed by atoms with Crippen LogP contribution in [-0.2, 0) is 28.0 Å². The molecule has 170 valence electrons. The number of hydrogen-bond acceptors (Lipinski definition) is 7. The Morgan fingerprint density at radius 1 is 1.19 bits per heavy atom. The van der Waals surface area contributed by atoms with E-state index in [-0.39, 0.29) is 11.7 Å². The molecule has 0 amide bonds. The molecule has 2 N–H and O–H groups in total. The van der Waals surface area contributed by atoms with E-state index in [0.29, 0.717) is 22.3 Å². The first kappa shape index (κ1) is 23.1. The molecule has 0 spiro atoms. The van der Waals surface area contributed by atoms with Crippen molar-refractivity contribution in [1.82, 2.24) is 9.97 Å². The van der Waals surface area contributed by atoms with Gasteiger partial charge in [-0.2, -0.15) is 0 Å². The summed E-state index contributed by atoms with van der Waals surface area (Å²) in [5, 5.41) is 1.53. The maximum absolute atomic E-state index is 12.5. The predicted octanol–water partition coefficient (Wildman–Crippen LogP) is 6.00. The van der Waals surface area contributed by atoms with Crippen LogP contribution in [0.5, 0.6) is 0 Å². The van der Waals surface area contributed by atoms with Gasteiger partial charge in [-0.15, -0.1) is 11.3 Å². The molecule has 0 aliphatic heterocycles. The number of nitrogens with two attached hydrogens (primary N) is 1. The molecule has 0 saturated heterocycles. The number of aryl methyl sites for hydroxylation is 1. The van der Waals surface area contributed by atoms with E-state index < -0.39 is 5.60 Å². The Morgan fingerprint density at radius 2 is 1.91 bits per heavy atom. The number of rotatable bonds is 5. The van der Waals surface area contributed by atoms with E-state index in [1.807, 2.05) is 44.2 Å². The summed E-state index contributed by atoms with van der Waals surface area (Å²) in [6, 6.07) is 9.74. The second-order valence-corrected chi connectivity index (χ2v) is 12.0. The third-order valence-corrected chi connectivity index (χ3v) is 8.27. The molecule has 32 heavy (non-hydrogen) atoms. The highest BCUT2D eigenvalue weighted by Crippen LogP contribution is 2.44. The standard InChI is InChI=1S/C25H31N3O2S2/c1-24(2,3)16-11-12-17-18(13-16)32-22-20(17)21(26)27-23(28-22)31-14-19(29)30-25(4,5)15-9-7-6-8-10-15/h6-10,16H,11-14H2,1-5H3,(H2,26,27,28). The summed E-state index contributed by atoms with van der Waals surface area (Å²) in [6.45, 7) is 10.7. The number of benzene rings is 1. The molecule has 0 radical (unpaired) electrons. The fourth-order valence-corrected chi connectivity index (χ4v) is 6.31. The molecule has 0 bridgehead atoms. The van der Waals surface area contributed by atoms with Crippen LogP contribution >= 0.6 is 23.1 Å². The average molecular weight is 470 g/mol. The molecule has 2 aromatic heterocycles. The Morgan fingerprint density at radius 3 is 2.59 bits per heavy atom. The highest BCUT2D eigenvalue weighted by atomic mass is 32.2. The highest BCUT2D eigenvalue weighted by Gasteiger charge is 2.32. The second-order valence-electron chi connectivity index (χ2n) is 10.0. The minimum Gasteiger partial charge on any atom is -0.454 e. The quantitative estimate of drug-likeness (QED) is 0.281. The number of fused-ring (bicyclic) bond motifs is 3. The zero-order valence-electron chi connectivity index (χ0n) is 19.4. The summed E-state index contributed by atoms with van der Waals surface area (Å²) in [5.74, 6) is 1.01. The van der Waals surface area contributed by atoms with Gasteiger partial charge in [0.25, 0.3) is 0 Å². The maximum Gasteiger partial charge on any atom is 0.317 e. The van der Waals surface area contributed by atoms with Crippen molar-refractivity contribution >= 4 is 45.1 Å². The largest absolute Gasteiger partial charge is 0.454 e. The van der Waals surface area contributed by atoms with E-state index in [2.05, 4.69) is 25.8 Å². The van der Waals surface area contributed by atoms with Crippen molar-refractivity contribution in [3.05, 3.63) is 46.3 Å². The molecule has 1 aliphatic rings. The molecule has 5 nitrogen and oxygen atoms in total. The number of thioether (sulfide) groups is 1. The van der Waals surface area contributed by atoms with Crippen LogP contribution < -0.4 is 5.73 Å². The second kappa shape index (κ2) is 8.67. The van der Waals surface area contributed by atoms with Crippen molar-refractivity contribution in [3.8, 4) is 0 Å². The van der Waals surface area contributed by atoms with Crippen LogP contribution in [0.3, 0.4) is 0 Å². The van der Waals surface area contributed by atoms with E-state index in [9.17, 15) is 4.79 Å². The van der Waals surface area contributed by atoms with Gasteiger partial charge >= 0.3 is 5.97 Å². The van der Waals surface area contributed by atoms with E-state index in [1.165, 1.54) is 28.6 Å². The zero-order valence-corrected chi connectivity index (χ0v) is 21.0. The molecular weight excluding hydrogens is 438 g/mol. The van der Waals surface area contributed by atoms with Crippen molar-refractivity contribution in [2.45, 2.75) is 64.6 Å². The van der Waals surface area contributed by atoms with Crippen molar-refractivity contribution < 1.29 is 9.53 Å². The number of thiophene rings is 1. The lowest BCUT2D eigenvalue weighted by Crippen LogP contribution is -2.26. The van der Waals surface area contributed by atoms with Gasteiger partial charge in [0, 0.05) is 4.88 Å². The van der Waals surface area contributed by atoms with Crippen LogP contribution in [0, 0.1) is 11.3 Å². The van der Waals surface area contributed by atoms with Crippen LogP contribution in [0.2, 0.25) is 0 Å². The molecule has 7 heteroatoms. The molecule has 1 atom stereocenters. The average Bonchev–Trinajstić information content (AvgIpc) is 3.10. The number of carbonyl (C=O) groups excluding carboxylic acids is 1. The van der Waals surface area contributed by atoms with Gasteiger partial charge in [-0.25, -0.2) is 9.97 Å². The number of nitrogen functional groups attached to an aromatic ring is 1. The lowest BCUT2D eigenvalue weighted by atomic mass is 9.72. The minimum atomic E-state index is -0.695. The van der Waals surface area contributed by atoms with Gasteiger partial charge in [0.1, 0.15) is 16.2 Å². The third kappa shape index (κ3) is 4.79. The fraction of sp³-hybridized carbons (Fsp3) is 0.480. The van der Waals surface area contributed by atoms with Gasteiger partial charge in [0.15, 0.2) is 5.16 Å². The van der Waals surface area contributed by atoms with Crippen LogP contribution in [0.15, 0.2) is 35.5 Å². The van der Waals surface area contributed by atoms with E-state index >= 15 is 0 Å². The first-order chi connectivity index (χ1) is 15.0. The van der Waals surface area contributed by atoms with Crippen molar-refractivity contribution in [2.24, 2.45) is 11.3 Å². The number of aromatic nitrogens is 2. The molecule has 1 aliphatic carbocycles. The number of esters is 1. The van der Waals surface area contributed by atoms with Crippen LogP contribution in [-0.4, -0.2) is 21.7 Å². The summed E-state index contributed by atoms with van der Waals surface area (Å²) in [5.41, 5.74) is 8.23. The third-order valence-electron chi connectivity index (χ3n) is 6.30. The Hall–Kier alpha value is -2.12. The summed E-state index contributed by atoms with van der Waals surface area (Å²) >= 11 is 3.00. The van der Waals surface area contributed by atoms with E-state index in [1.54, 1.807) is 11.3 Å². The van der Waals surface area contributed by atoms with Crippen molar-refractivity contribution in [3.63, 3.8) is 0 Å². The predicted molar refractivity (Wildman–Crippen MR) is 133 cm³/mol. The lowest BCUT2D eigenvalue weighted by Gasteiger charge is -2.33. The molecule has 0 fully saturated rings. The Balaban J connectivity index is 1.47. The van der Waals surface area contributed by atoms with Crippen molar-refractivity contribution in [2.75, 3.05) is 11.5 Å².